The third kappa shape index (κ3) is 7.40. The molecular formula is C56H58N4. The largest absolute Gasteiger partial charge is 0.208 e. The van der Waals surface area contributed by atoms with Crippen LogP contribution in [0, 0.1) is 46.8 Å². The van der Waals surface area contributed by atoms with E-state index in [1.165, 1.54) is 80.9 Å². The van der Waals surface area contributed by atoms with Gasteiger partial charge in [-0.3, -0.25) is 0 Å². The minimum absolute atomic E-state index is 0.261. The van der Waals surface area contributed by atoms with Gasteiger partial charge in [-0.25, -0.2) is 15.0 Å². The Morgan fingerprint density at radius 2 is 0.883 bits per heavy atom. The molecule has 0 amide bonds. The molecule has 0 N–H and O–H groups in total. The quantitative estimate of drug-likeness (QED) is 0.162. The Kier molecular flexibility index (Phi) is 10.1. The molecule has 4 unspecified atom stereocenters. The van der Waals surface area contributed by atoms with Crippen LogP contribution >= 0.6 is 0 Å². The predicted octanol–water partition coefficient (Wildman–Crippen LogP) is 14.3. The highest BCUT2D eigenvalue weighted by Crippen LogP contribution is 2.55. The summed E-state index contributed by atoms with van der Waals surface area (Å²) in [6.07, 6.45) is 13.3. The molecule has 4 saturated carbocycles. The number of hydrogen-bond donors (Lipinski definition) is 0. The van der Waals surface area contributed by atoms with Gasteiger partial charge in [0.25, 0.3) is 0 Å². The van der Waals surface area contributed by atoms with Crippen LogP contribution in [0.2, 0.25) is 0 Å². The van der Waals surface area contributed by atoms with Gasteiger partial charge in [0.15, 0.2) is 17.5 Å². The molecule has 10 rings (SSSR count). The fraction of sp³-hybridized carbons (Fsp3) is 0.393. The average Bonchev–Trinajstić information content (AvgIpc) is 3.25. The third-order valence-corrected chi connectivity index (χ3v) is 15.1. The number of nitrogens with zero attached hydrogens (tertiary/aromatic N) is 4. The van der Waals surface area contributed by atoms with E-state index in [4.69, 9.17) is 15.0 Å². The summed E-state index contributed by atoms with van der Waals surface area (Å²) >= 11 is 0. The van der Waals surface area contributed by atoms with Crippen molar-refractivity contribution in [3.63, 3.8) is 0 Å². The standard InChI is InChI=1S/C56H58N4/c1-36-23-41-24-37(2)30-55(29-36,33-41)48-19-15-43(16-20-48)50-13-5-6-14-51(50)54-59-52(44-17-21-49(22-18-44)56-31-38(3)25-42(34-56)26-39(4)32-56)58-53(60-54)47-12-8-11-46(28-47)45-10-7-9-40(27-45)35-57/h5-22,27-28,36-39,41-42H,23-26,29-34H2,1-4H3/t36-,37+,38-,39+,41?,42?,55?,56?. The molecule has 4 nitrogen and oxygen atoms in total. The molecule has 4 bridgehead atoms. The SMILES string of the molecule is C[C@@H]1CC2C[C@H](C)CC(c3ccc(-c4nc(-c5cccc(-c6cccc(C#N)c6)c5)nc(-c5ccccc5-c5ccc(C67CC(C[C@@H](C)C6)C[C@H](C)C7)cc5)n4)cc3)(C2)C1. The average molecular weight is 787 g/mol. The molecule has 0 aliphatic heterocycles. The lowest BCUT2D eigenvalue weighted by Crippen LogP contribution is -2.42. The van der Waals surface area contributed by atoms with Gasteiger partial charge in [0, 0.05) is 16.7 Å². The third-order valence-electron chi connectivity index (χ3n) is 15.1. The van der Waals surface area contributed by atoms with Crippen LogP contribution in [0.1, 0.15) is 109 Å². The van der Waals surface area contributed by atoms with Crippen LogP contribution in [0.15, 0.2) is 121 Å². The summed E-state index contributed by atoms with van der Waals surface area (Å²) in [4.78, 5) is 15.8. The zero-order chi connectivity index (χ0) is 41.0. The highest BCUT2D eigenvalue weighted by molar-refractivity contribution is 5.82. The van der Waals surface area contributed by atoms with E-state index in [0.29, 0.717) is 28.5 Å². The molecule has 4 heteroatoms. The molecule has 302 valence electrons. The first-order valence-corrected chi connectivity index (χ1v) is 22.8. The maximum Gasteiger partial charge on any atom is 0.164 e. The fourth-order valence-electron chi connectivity index (χ4n) is 13.4. The second-order valence-corrected chi connectivity index (χ2v) is 20.2. The van der Waals surface area contributed by atoms with E-state index < -0.39 is 0 Å². The molecule has 5 aromatic carbocycles. The lowest BCUT2D eigenvalue weighted by atomic mass is 9.54. The molecule has 4 fully saturated rings. The van der Waals surface area contributed by atoms with Gasteiger partial charge in [0.05, 0.1) is 11.6 Å². The van der Waals surface area contributed by atoms with Crippen molar-refractivity contribution in [2.75, 3.05) is 0 Å². The van der Waals surface area contributed by atoms with Gasteiger partial charge in [-0.2, -0.15) is 5.26 Å². The van der Waals surface area contributed by atoms with Crippen LogP contribution in [-0.4, -0.2) is 15.0 Å². The maximum absolute atomic E-state index is 9.63. The van der Waals surface area contributed by atoms with Gasteiger partial charge in [-0.1, -0.05) is 131 Å². The van der Waals surface area contributed by atoms with Crippen molar-refractivity contribution in [1.82, 2.24) is 15.0 Å². The molecule has 1 aromatic heterocycles. The van der Waals surface area contributed by atoms with Gasteiger partial charge in [-0.15, -0.1) is 0 Å². The van der Waals surface area contributed by atoms with Crippen LogP contribution in [0.5, 0.6) is 0 Å². The van der Waals surface area contributed by atoms with E-state index in [2.05, 4.69) is 137 Å². The first-order chi connectivity index (χ1) is 29.1. The normalized spacial score (nSPS) is 28.4. The topological polar surface area (TPSA) is 62.5 Å². The van der Waals surface area contributed by atoms with E-state index >= 15 is 0 Å². The number of fused-ring (bicyclic) bond motifs is 4. The smallest absolute Gasteiger partial charge is 0.164 e. The van der Waals surface area contributed by atoms with Gasteiger partial charge >= 0.3 is 0 Å². The van der Waals surface area contributed by atoms with Crippen LogP contribution in [-0.2, 0) is 10.8 Å². The molecule has 60 heavy (non-hydrogen) atoms. The Morgan fingerprint density at radius 3 is 1.43 bits per heavy atom. The number of hydrogen-bond acceptors (Lipinski definition) is 4. The van der Waals surface area contributed by atoms with Gasteiger partial charge < -0.3 is 0 Å². The summed E-state index contributed by atoms with van der Waals surface area (Å²) in [6, 6.07) is 45.9. The molecule has 6 aromatic rings. The van der Waals surface area contributed by atoms with Crippen LogP contribution in [0.4, 0.5) is 0 Å². The summed E-state index contributed by atoms with van der Waals surface area (Å²) in [5.74, 6) is 6.75. The Balaban J connectivity index is 1.05. The van der Waals surface area contributed by atoms with E-state index in [-0.39, 0.29) is 5.41 Å². The molecule has 0 saturated heterocycles. The summed E-state index contributed by atoms with van der Waals surface area (Å²) in [6.45, 7) is 9.86. The highest BCUT2D eigenvalue weighted by atomic mass is 15.0. The van der Waals surface area contributed by atoms with Crippen LogP contribution in [0.3, 0.4) is 0 Å². The summed E-state index contributed by atoms with van der Waals surface area (Å²) in [5.41, 5.74) is 11.4. The summed E-state index contributed by atoms with van der Waals surface area (Å²) in [5, 5.41) is 9.63. The predicted molar refractivity (Wildman–Crippen MR) is 245 cm³/mol. The number of rotatable bonds is 7. The Labute approximate surface area is 357 Å². The molecule has 0 radical (unpaired) electrons. The molecule has 1 heterocycles. The zero-order valence-electron chi connectivity index (χ0n) is 35.9. The minimum atomic E-state index is 0.261. The Hall–Kier alpha value is -5.40. The first-order valence-electron chi connectivity index (χ1n) is 22.8. The highest BCUT2D eigenvalue weighted by Gasteiger charge is 2.46. The molecule has 0 spiro atoms. The van der Waals surface area contributed by atoms with Crippen molar-refractivity contribution in [3.8, 4) is 62.5 Å². The van der Waals surface area contributed by atoms with E-state index in [9.17, 15) is 5.26 Å². The van der Waals surface area contributed by atoms with Crippen molar-refractivity contribution >= 4 is 0 Å². The molecular weight excluding hydrogens is 729 g/mol. The fourth-order valence-corrected chi connectivity index (χ4v) is 13.4. The maximum atomic E-state index is 9.63. The van der Waals surface area contributed by atoms with Crippen molar-refractivity contribution in [3.05, 3.63) is 138 Å². The number of aromatic nitrogens is 3. The van der Waals surface area contributed by atoms with Crippen LogP contribution < -0.4 is 0 Å². The lowest BCUT2D eigenvalue weighted by Gasteiger charge is -2.50. The van der Waals surface area contributed by atoms with E-state index in [1.807, 2.05) is 18.2 Å². The van der Waals surface area contributed by atoms with Crippen molar-refractivity contribution < 1.29 is 0 Å². The molecule has 4 aliphatic rings. The zero-order valence-corrected chi connectivity index (χ0v) is 35.9. The van der Waals surface area contributed by atoms with Gasteiger partial charge in [0.2, 0.25) is 0 Å². The minimum Gasteiger partial charge on any atom is -0.208 e. The van der Waals surface area contributed by atoms with E-state index in [0.717, 1.165) is 68.9 Å². The Bertz CT molecular complexity index is 2520. The molecule has 4 aliphatic carbocycles. The Morgan fingerprint density at radius 1 is 0.433 bits per heavy atom. The van der Waals surface area contributed by atoms with Crippen molar-refractivity contribution in [2.24, 2.45) is 35.5 Å². The monoisotopic (exact) mass is 786 g/mol. The first kappa shape index (κ1) is 38.8. The lowest BCUT2D eigenvalue weighted by molar-refractivity contribution is 0.0779. The number of benzene rings is 5. The van der Waals surface area contributed by atoms with Crippen molar-refractivity contribution in [2.45, 2.75) is 103 Å². The van der Waals surface area contributed by atoms with Crippen molar-refractivity contribution in [1.29, 1.82) is 5.26 Å². The second-order valence-electron chi connectivity index (χ2n) is 20.2. The summed E-state index contributed by atoms with van der Waals surface area (Å²) in [7, 11) is 0. The molecule has 8 atom stereocenters. The van der Waals surface area contributed by atoms with Gasteiger partial charge in [0.1, 0.15) is 0 Å². The summed E-state index contributed by atoms with van der Waals surface area (Å²) < 4.78 is 0. The van der Waals surface area contributed by atoms with E-state index in [1.54, 1.807) is 0 Å². The van der Waals surface area contributed by atoms with Gasteiger partial charge in [-0.05, 0) is 162 Å². The number of nitriles is 1. The van der Waals surface area contributed by atoms with Crippen LogP contribution in [0.25, 0.3) is 56.4 Å². The second kappa shape index (κ2) is 15.6.